The van der Waals surface area contributed by atoms with Gasteiger partial charge in [0.25, 0.3) is 11.6 Å². The number of amides is 1. The second kappa shape index (κ2) is 6.34. The average molecular weight is 399 g/mol. The van der Waals surface area contributed by atoms with E-state index < -0.39 is 27.7 Å². The predicted octanol–water partition coefficient (Wildman–Crippen LogP) is 2.91. The molecule has 0 atom stereocenters. The molecular weight excluding hydrogens is 387 g/mol. The minimum atomic E-state index is -4.65. The molecule has 3 aromatic rings. The molecule has 0 bridgehead atoms. The molecule has 0 saturated heterocycles. The molecule has 0 saturated carbocycles. The maximum absolute atomic E-state index is 13.3. The number of halogens is 3. The molecule has 1 N–H and O–H groups in total. The van der Waals surface area contributed by atoms with E-state index in [1.165, 1.54) is 25.1 Å². The van der Waals surface area contributed by atoms with Crippen LogP contribution in [0.5, 0.6) is 0 Å². The summed E-state index contributed by atoms with van der Waals surface area (Å²) in [7, 11) is -3.90. The van der Waals surface area contributed by atoms with E-state index in [1.807, 2.05) is 0 Å². The van der Waals surface area contributed by atoms with Gasteiger partial charge in [-0.1, -0.05) is 23.4 Å². The van der Waals surface area contributed by atoms with Crippen molar-refractivity contribution in [3.63, 3.8) is 0 Å². The Morgan fingerprint density at radius 1 is 1.22 bits per heavy atom. The zero-order valence-electron chi connectivity index (χ0n) is 14.0. The minimum Gasteiger partial charge on any atom is -0.335 e. The summed E-state index contributed by atoms with van der Waals surface area (Å²) in [6, 6.07) is 5.76. The summed E-state index contributed by atoms with van der Waals surface area (Å²) in [6.07, 6.45) is -3.87. The lowest BCUT2D eigenvalue weighted by Crippen LogP contribution is -2.29. The first-order valence-corrected chi connectivity index (χ1v) is 9.32. The molecule has 3 rings (SSSR count). The number of hydrogen-bond donors (Lipinski definition) is 1. The van der Waals surface area contributed by atoms with Crippen LogP contribution in [0.25, 0.3) is 22.4 Å². The Kier molecular flexibility index (Phi) is 4.42. The minimum absolute atomic E-state index is 0.115. The smallest absolute Gasteiger partial charge is 0.335 e. The molecule has 0 unspecified atom stereocenters. The van der Waals surface area contributed by atoms with Gasteiger partial charge in [-0.3, -0.25) is 4.79 Å². The number of rotatable bonds is 3. The van der Waals surface area contributed by atoms with Gasteiger partial charge in [0.1, 0.15) is 0 Å². The standard InChI is InChI=1S/C16H12F3N3O4S/c1-8-13-10(14(23)22-27(2,24)25)7-12(20-15(13)26-21-8)9-5-3-4-6-11(9)16(17,18)19/h3-7H,1-2H3,(H,22,23). The second-order valence-electron chi connectivity index (χ2n) is 5.75. The molecule has 0 fully saturated rings. The number of carbonyl (C=O) groups excluding carboxylic acids is 1. The van der Waals surface area contributed by atoms with Crippen molar-refractivity contribution in [1.29, 1.82) is 0 Å². The molecule has 1 amide bonds. The Labute approximate surface area is 151 Å². The van der Waals surface area contributed by atoms with Gasteiger partial charge in [-0.2, -0.15) is 13.2 Å². The Hall–Kier alpha value is -2.95. The third kappa shape index (κ3) is 3.77. The fourth-order valence-electron chi connectivity index (χ4n) is 2.59. The first kappa shape index (κ1) is 18.8. The van der Waals surface area contributed by atoms with E-state index in [1.54, 1.807) is 4.72 Å². The van der Waals surface area contributed by atoms with Gasteiger partial charge in [0.05, 0.1) is 34.2 Å². The van der Waals surface area contributed by atoms with Gasteiger partial charge in [0.15, 0.2) is 0 Å². The van der Waals surface area contributed by atoms with Gasteiger partial charge >= 0.3 is 6.18 Å². The first-order chi connectivity index (χ1) is 12.5. The highest BCUT2D eigenvalue weighted by Gasteiger charge is 2.34. The maximum atomic E-state index is 13.3. The monoisotopic (exact) mass is 399 g/mol. The molecule has 0 aliphatic rings. The molecule has 2 aromatic heterocycles. The molecule has 2 heterocycles. The van der Waals surface area contributed by atoms with E-state index in [4.69, 9.17) is 4.52 Å². The highest BCUT2D eigenvalue weighted by molar-refractivity contribution is 7.89. The Morgan fingerprint density at radius 2 is 1.89 bits per heavy atom. The van der Waals surface area contributed by atoms with Gasteiger partial charge in [0.2, 0.25) is 10.0 Å². The van der Waals surface area contributed by atoms with Crippen LogP contribution in [0.3, 0.4) is 0 Å². The number of pyridine rings is 1. The largest absolute Gasteiger partial charge is 0.417 e. The summed E-state index contributed by atoms with van der Waals surface area (Å²) in [5.74, 6) is -1.03. The molecule has 27 heavy (non-hydrogen) atoms. The number of sulfonamides is 1. The number of carbonyl (C=O) groups is 1. The van der Waals surface area contributed by atoms with Crippen molar-refractivity contribution in [1.82, 2.24) is 14.9 Å². The van der Waals surface area contributed by atoms with Crippen LogP contribution in [0.4, 0.5) is 13.2 Å². The third-order valence-electron chi connectivity index (χ3n) is 3.65. The molecule has 0 spiro atoms. The van der Waals surface area contributed by atoms with Crippen LogP contribution >= 0.6 is 0 Å². The number of nitrogens with zero attached hydrogens (tertiary/aromatic N) is 2. The number of aryl methyl sites for hydroxylation is 1. The van der Waals surface area contributed by atoms with Crippen molar-refractivity contribution in [3.8, 4) is 11.3 Å². The number of nitrogens with one attached hydrogen (secondary N) is 1. The van der Waals surface area contributed by atoms with Crippen LogP contribution in [0.15, 0.2) is 34.9 Å². The van der Waals surface area contributed by atoms with Crippen molar-refractivity contribution in [2.24, 2.45) is 0 Å². The fraction of sp³-hybridized carbons (Fsp3) is 0.188. The molecule has 0 aliphatic carbocycles. The predicted molar refractivity (Wildman–Crippen MR) is 89.3 cm³/mol. The van der Waals surface area contributed by atoms with Crippen LogP contribution in [-0.2, 0) is 16.2 Å². The summed E-state index contributed by atoms with van der Waals surface area (Å²) < 4.78 is 69.5. The lowest BCUT2D eigenvalue weighted by Gasteiger charge is -2.13. The number of fused-ring (bicyclic) bond motifs is 1. The van der Waals surface area contributed by atoms with Crippen LogP contribution in [0.1, 0.15) is 21.6 Å². The molecule has 142 valence electrons. The van der Waals surface area contributed by atoms with E-state index in [0.717, 1.165) is 18.4 Å². The fourth-order valence-corrected chi connectivity index (χ4v) is 3.04. The van der Waals surface area contributed by atoms with Crippen molar-refractivity contribution in [2.45, 2.75) is 13.1 Å². The first-order valence-electron chi connectivity index (χ1n) is 7.43. The Bertz CT molecular complexity index is 1150. The number of hydrogen-bond acceptors (Lipinski definition) is 6. The molecular formula is C16H12F3N3O4S. The summed E-state index contributed by atoms with van der Waals surface area (Å²) in [5, 5.41) is 3.77. The van der Waals surface area contributed by atoms with Crippen molar-refractivity contribution < 1.29 is 30.9 Å². The van der Waals surface area contributed by atoms with Gasteiger partial charge in [-0.05, 0) is 19.1 Å². The topological polar surface area (TPSA) is 102 Å². The van der Waals surface area contributed by atoms with Crippen molar-refractivity contribution in [2.75, 3.05) is 6.26 Å². The highest BCUT2D eigenvalue weighted by Crippen LogP contribution is 2.37. The molecule has 0 radical (unpaired) electrons. The lowest BCUT2D eigenvalue weighted by atomic mass is 10.0. The third-order valence-corrected chi connectivity index (χ3v) is 4.20. The number of alkyl halides is 3. The van der Waals surface area contributed by atoms with Crippen LogP contribution in [0.2, 0.25) is 0 Å². The summed E-state index contributed by atoms with van der Waals surface area (Å²) >= 11 is 0. The van der Waals surface area contributed by atoms with E-state index in [9.17, 15) is 26.4 Å². The van der Waals surface area contributed by atoms with E-state index in [-0.39, 0.29) is 33.6 Å². The number of benzene rings is 1. The van der Waals surface area contributed by atoms with Crippen LogP contribution in [0, 0.1) is 6.92 Å². The Balaban J connectivity index is 2.28. The second-order valence-corrected chi connectivity index (χ2v) is 7.50. The van der Waals surface area contributed by atoms with E-state index in [2.05, 4.69) is 10.1 Å². The molecule has 11 heteroatoms. The van der Waals surface area contributed by atoms with Gasteiger partial charge in [-0.15, -0.1) is 0 Å². The quantitative estimate of drug-likeness (QED) is 0.727. The zero-order chi connectivity index (χ0) is 20.0. The summed E-state index contributed by atoms with van der Waals surface area (Å²) in [6.45, 7) is 1.49. The molecule has 7 nitrogen and oxygen atoms in total. The summed E-state index contributed by atoms with van der Waals surface area (Å²) in [5.41, 5.74) is -1.59. The van der Waals surface area contributed by atoms with Gasteiger partial charge < -0.3 is 4.52 Å². The van der Waals surface area contributed by atoms with E-state index >= 15 is 0 Å². The van der Waals surface area contributed by atoms with Crippen LogP contribution < -0.4 is 4.72 Å². The van der Waals surface area contributed by atoms with Crippen LogP contribution in [-0.4, -0.2) is 30.7 Å². The lowest BCUT2D eigenvalue weighted by molar-refractivity contribution is -0.137. The average Bonchev–Trinajstić information content (AvgIpc) is 2.93. The highest BCUT2D eigenvalue weighted by atomic mass is 32.2. The maximum Gasteiger partial charge on any atom is 0.417 e. The SMILES string of the molecule is Cc1noc2nc(-c3ccccc3C(F)(F)F)cc(C(=O)NS(C)(=O)=O)c12. The van der Waals surface area contributed by atoms with Crippen molar-refractivity contribution >= 4 is 27.0 Å². The zero-order valence-corrected chi connectivity index (χ0v) is 14.8. The summed E-state index contributed by atoms with van der Waals surface area (Å²) in [4.78, 5) is 16.4. The van der Waals surface area contributed by atoms with E-state index in [0.29, 0.717) is 0 Å². The molecule has 1 aromatic carbocycles. The van der Waals surface area contributed by atoms with Crippen molar-refractivity contribution in [3.05, 3.63) is 47.2 Å². The normalized spacial score (nSPS) is 12.3. The number of aromatic nitrogens is 2. The Morgan fingerprint density at radius 3 is 2.52 bits per heavy atom. The van der Waals surface area contributed by atoms with Gasteiger partial charge in [-0.25, -0.2) is 18.1 Å². The van der Waals surface area contributed by atoms with Gasteiger partial charge in [0, 0.05) is 5.56 Å². The molecule has 0 aliphatic heterocycles.